The Hall–Kier alpha value is -3.37. The molecule has 1 aliphatic rings. The molecule has 4 rings (SSSR count). The van der Waals surface area contributed by atoms with E-state index in [1.54, 1.807) is 30.3 Å². The fourth-order valence-corrected chi connectivity index (χ4v) is 3.00. The second-order valence-corrected chi connectivity index (χ2v) is 7.06. The Balaban J connectivity index is 1.46. The van der Waals surface area contributed by atoms with Crippen LogP contribution in [0.25, 0.3) is 6.08 Å². The van der Waals surface area contributed by atoms with Crippen LogP contribution in [0.4, 0.5) is 0 Å². The average molecular weight is 404 g/mol. The zero-order valence-electron chi connectivity index (χ0n) is 15.8. The lowest BCUT2D eigenvalue weighted by Gasteiger charge is -2.08. The van der Waals surface area contributed by atoms with Gasteiger partial charge in [0.1, 0.15) is 12.4 Å². The van der Waals surface area contributed by atoms with E-state index >= 15 is 0 Å². The molecule has 3 aromatic carbocycles. The van der Waals surface area contributed by atoms with Gasteiger partial charge in [-0.1, -0.05) is 48.0 Å². The minimum absolute atomic E-state index is 0.253. The van der Waals surface area contributed by atoms with Gasteiger partial charge in [0.15, 0.2) is 5.70 Å². The first-order chi connectivity index (χ1) is 14.1. The number of benzene rings is 3. The predicted octanol–water partition coefficient (Wildman–Crippen LogP) is 5.57. The maximum absolute atomic E-state index is 12.1. The van der Waals surface area contributed by atoms with Crippen LogP contribution < -0.4 is 4.74 Å². The monoisotopic (exact) mass is 403 g/mol. The summed E-state index contributed by atoms with van der Waals surface area (Å²) in [6.07, 6.45) is 1.69. The summed E-state index contributed by atoms with van der Waals surface area (Å²) in [7, 11) is 0. The summed E-state index contributed by atoms with van der Waals surface area (Å²) in [6.45, 7) is 2.57. The van der Waals surface area contributed by atoms with Crippen molar-refractivity contribution >= 4 is 29.5 Å². The standard InChI is InChI=1S/C24H18ClNO3/c1-16-4-2-3-5-19(16)15-28-21-12-6-17(7-13-21)14-22-24(27)29-23(26-22)18-8-10-20(25)11-9-18/h2-14H,15H2,1H3/b22-14-. The largest absolute Gasteiger partial charge is 0.489 e. The molecular weight excluding hydrogens is 386 g/mol. The number of hydrogen-bond acceptors (Lipinski definition) is 4. The van der Waals surface area contributed by atoms with E-state index in [2.05, 4.69) is 24.0 Å². The van der Waals surface area contributed by atoms with Crippen molar-refractivity contribution in [2.75, 3.05) is 0 Å². The number of carbonyl (C=O) groups is 1. The highest BCUT2D eigenvalue weighted by atomic mass is 35.5. The van der Waals surface area contributed by atoms with E-state index in [1.165, 1.54) is 5.56 Å². The molecule has 0 aromatic heterocycles. The van der Waals surface area contributed by atoms with Crippen molar-refractivity contribution in [2.24, 2.45) is 4.99 Å². The smallest absolute Gasteiger partial charge is 0.363 e. The highest BCUT2D eigenvalue weighted by Crippen LogP contribution is 2.22. The van der Waals surface area contributed by atoms with Gasteiger partial charge in [-0.15, -0.1) is 0 Å². The van der Waals surface area contributed by atoms with Gasteiger partial charge in [0.25, 0.3) is 0 Å². The van der Waals surface area contributed by atoms with Crippen molar-refractivity contribution in [1.29, 1.82) is 0 Å². The van der Waals surface area contributed by atoms with Crippen molar-refractivity contribution < 1.29 is 14.3 Å². The second-order valence-electron chi connectivity index (χ2n) is 6.63. The number of aryl methyl sites for hydroxylation is 1. The van der Waals surface area contributed by atoms with E-state index in [0.29, 0.717) is 17.2 Å². The number of hydrogen-bond donors (Lipinski definition) is 0. The molecule has 0 N–H and O–H groups in total. The van der Waals surface area contributed by atoms with Crippen LogP contribution in [0.2, 0.25) is 5.02 Å². The van der Waals surface area contributed by atoms with Crippen molar-refractivity contribution in [3.63, 3.8) is 0 Å². The molecule has 0 fully saturated rings. The van der Waals surface area contributed by atoms with Crippen LogP contribution in [-0.4, -0.2) is 11.9 Å². The van der Waals surface area contributed by atoms with Gasteiger partial charge in [0.05, 0.1) is 0 Å². The minimum Gasteiger partial charge on any atom is -0.489 e. The van der Waals surface area contributed by atoms with Gasteiger partial charge >= 0.3 is 5.97 Å². The third-order valence-electron chi connectivity index (χ3n) is 4.55. The summed E-state index contributed by atoms with van der Waals surface area (Å²) in [5, 5.41) is 0.610. The molecule has 5 heteroatoms. The highest BCUT2D eigenvalue weighted by molar-refractivity contribution is 6.30. The fourth-order valence-electron chi connectivity index (χ4n) is 2.88. The minimum atomic E-state index is -0.477. The maximum atomic E-state index is 12.1. The zero-order chi connectivity index (χ0) is 20.2. The van der Waals surface area contributed by atoms with Gasteiger partial charge in [-0.2, -0.15) is 0 Å². The first-order valence-electron chi connectivity index (χ1n) is 9.14. The van der Waals surface area contributed by atoms with Crippen LogP contribution in [0, 0.1) is 6.92 Å². The molecule has 1 aliphatic heterocycles. The van der Waals surface area contributed by atoms with Crippen LogP contribution >= 0.6 is 11.6 Å². The van der Waals surface area contributed by atoms with Crippen LogP contribution in [0.5, 0.6) is 5.75 Å². The Kier molecular flexibility index (Phi) is 5.45. The van der Waals surface area contributed by atoms with Gasteiger partial charge in [0.2, 0.25) is 5.90 Å². The van der Waals surface area contributed by atoms with E-state index in [0.717, 1.165) is 16.9 Å². The third-order valence-corrected chi connectivity index (χ3v) is 4.80. The Morgan fingerprint density at radius 3 is 2.45 bits per heavy atom. The highest BCUT2D eigenvalue weighted by Gasteiger charge is 2.24. The summed E-state index contributed by atoms with van der Waals surface area (Å²) in [5.74, 6) is 0.556. The first-order valence-corrected chi connectivity index (χ1v) is 9.52. The molecule has 0 aliphatic carbocycles. The van der Waals surface area contributed by atoms with Gasteiger partial charge in [-0.25, -0.2) is 9.79 Å². The topological polar surface area (TPSA) is 47.9 Å². The normalized spacial score (nSPS) is 14.6. The number of nitrogens with zero attached hydrogens (tertiary/aromatic N) is 1. The Morgan fingerprint density at radius 2 is 1.72 bits per heavy atom. The average Bonchev–Trinajstić information content (AvgIpc) is 3.09. The van der Waals surface area contributed by atoms with E-state index in [4.69, 9.17) is 21.1 Å². The lowest BCUT2D eigenvalue weighted by atomic mass is 10.1. The number of esters is 1. The predicted molar refractivity (Wildman–Crippen MR) is 114 cm³/mol. The number of ether oxygens (including phenoxy) is 2. The second kappa shape index (κ2) is 8.33. The fraction of sp³-hybridized carbons (Fsp3) is 0.0833. The van der Waals surface area contributed by atoms with Crippen LogP contribution in [-0.2, 0) is 16.1 Å². The van der Waals surface area contributed by atoms with Gasteiger partial charge in [0, 0.05) is 10.6 Å². The molecule has 0 saturated heterocycles. The molecule has 0 saturated carbocycles. The number of halogens is 1. The molecule has 0 spiro atoms. The first kappa shape index (κ1) is 19.0. The Labute approximate surface area is 174 Å². The van der Waals surface area contributed by atoms with Gasteiger partial charge in [-0.3, -0.25) is 0 Å². The van der Waals surface area contributed by atoms with E-state index in [1.807, 2.05) is 36.4 Å². The summed E-state index contributed by atoms with van der Waals surface area (Å²) in [4.78, 5) is 16.4. The summed E-state index contributed by atoms with van der Waals surface area (Å²) >= 11 is 5.89. The molecule has 0 bridgehead atoms. The number of rotatable bonds is 5. The van der Waals surface area contributed by atoms with E-state index in [-0.39, 0.29) is 11.6 Å². The number of aliphatic imine (C=N–C) groups is 1. The van der Waals surface area contributed by atoms with Crippen molar-refractivity contribution in [3.8, 4) is 5.75 Å². The Bertz CT molecular complexity index is 1100. The van der Waals surface area contributed by atoms with E-state index < -0.39 is 5.97 Å². The molecule has 29 heavy (non-hydrogen) atoms. The maximum Gasteiger partial charge on any atom is 0.363 e. The van der Waals surface area contributed by atoms with Crippen molar-refractivity contribution in [2.45, 2.75) is 13.5 Å². The molecule has 0 unspecified atom stereocenters. The molecular formula is C24H18ClNO3. The molecule has 0 amide bonds. The molecule has 4 nitrogen and oxygen atoms in total. The molecule has 0 atom stereocenters. The summed E-state index contributed by atoms with van der Waals surface area (Å²) in [6, 6.07) is 22.6. The Morgan fingerprint density at radius 1 is 1.00 bits per heavy atom. The molecule has 1 heterocycles. The van der Waals surface area contributed by atoms with Crippen LogP contribution in [0.3, 0.4) is 0 Å². The quantitative estimate of drug-likeness (QED) is 0.413. The lowest BCUT2D eigenvalue weighted by Crippen LogP contribution is -2.05. The van der Waals surface area contributed by atoms with Gasteiger partial charge < -0.3 is 9.47 Å². The summed E-state index contributed by atoms with van der Waals surface area (Å²) in [5.41, 5.74) is 4.13. The van der Waals surface area contributed by atoms with E-state index in [9.17, 15) is 4.79 Å². The number of cyclic esters (lactones) is 1. The third kappa shape index (κ3) is 4.55. The van der Waals surface area contributed by atoms with Crippen molar-refractivity contribution in [1.82, 2.24) is 0 Å². The van der Waals surface area contributed by atoms with Crippen molar-refractivity contribution in [3.05, 3.63) is 106 Å². The van der Waals surface area contributed by atoms with Gasteiger partial charge in [-0.05, 0) is 66.1 Å². The SMILES string of the molecule is Cc1ccccc1COc1ccc(/C=C2\N=C(c3ccc(Cl)cc3)OC2=O)cc1. The van der Waals surface area contributed by atoms with Crippen LogP contribution in [0.15, 0.2) is 83.5 Å². The zero-order valence-corrected chi connectivity index (χ0v) is 16.5. The molecule has 144 valence electrons. The summed E-state index contributed by atoms with van der Waals surface area (Å²) < 4.78 is 11.1. The molecule has 0 radical (unpaired) electrons. The number of carbonyl (C=O) groups excluding carboxylic acids is 1. The van der Waals surface area contributed by atoms with Crippen LogP contribution in [0.1, 0.15) is 22.3 Å². The lowest BCUT2D eigenvalue weighted by molar-refractivity contribution is -0.129. The molecule has 3 aromatic rings.